The fourth-order valence-electron chi connectivity index (χ4n) is 1.75. The molecule has 0 spiro atoms. The zero-order chi connectivity index (χ0) is 15.9. The molecule has 6 heteroatoms. The Morgan fingerprint density at radius 1 is 1.09 bits per heavy atom. The summed E-state index contributed by atoms with van der Waals surface area (Å²) in [4.78, 5) is 23.4. The summed E-state index contributed by atoms with van der Waals surface area (Å²) >= 11 is 0. The van der Waals surface area contributed by atoms with Crippen molar-refractivity contribution in [2.45, 2.75) is 6.92 Å². The highest BCUT2D eigenvalue weighted by molar-refractivity contribution is 5.97. The predicted octanol–water partition coefficient (Wildman–Crippen LogP) is 1.54. The fraction of sp³-hybridized carbons (Fsp3) is 0.125. The van der Waals surface area contributed by atoms with Gasteiger partial charge in [-0.1, -0.05) is 24.3 Å². The van der Waals surface area contributed by atoms with Gasteiger partial charge < -0.3 is 9.84 Å². The van der Waals surface area contributed by atoms with E-state index in [4.69, 9.17) is 4.74 Å². The molecule has 0 unspecified atom stereocenters. The van der Waals surface area contributed by atoms with Gasteiger partial charge in [0.1, 0.15) is 11.5 Å². The summed E-state index contributed by atoms with van der Waals surface area (Å²) in [6.07, 6.45) is 0. The quantitative estimate of drug-likeness (QED) is 0.747. The number of phenols is 1. The van der Waals surface area contributed by atoms with E-state index in [1.807, 2.05) is 19.1 Å². The SMILES string of the molecule is Cc1cccc(OCC(=O)NNC(=O)c2ccccc2O)c1. The number of benzene rings is 2. The van der Waals surface area contributed by atoms with Crippen molar-refractivity contribution in [2.75, 3.05) is 6.61 Å². The number of nitrogens with one attached hydrogen (secondary N) is 2. The average Bonchev–Trinajstić information content (AvgIpc) is 2.51. The largest absolute Gasteiger partial charge is 0.507 e. The van der Waals surface area contributed by atoms with Gasteiger partial charge in [0, 0.05) is 0 Å². The van der Waals surface area contributed by atoms with Crippen LogP contribution in [-0.2, 0) is 4.79 Å². The van der Waals surface area contributed by atoms with Crippen LogP contribution in [0.5, 0.6) is 11.5 Å². The molecule has 6 nitrogen and oxygen atoms in total. The summed E-state index contributed by atoms with van der Waals surface area (Å²) in [5, 5.41) is 9.53. The molecule has 0 aliphatic rings. The predicted molar refractivity (Wildman–Crippen MR) is 80.4 cm³/mol. The van der Waals surface area contributed by atoms with Gasteiger partial charge in [0.15, 0.2) is 6.61 Å². The molecule has 22 heavy (non-hydrogen) atoms. The van der Waals surface area contributed by atoms with Gasteiger partial charge in [-0.3, -0.25) is 20.4 Å². The summed E-state index contributed by atoms with van der Waals surface area (Å²) in [5.41, 5.74) is 5.52. The number of amides is 2. The van der Waals surface area contributed by atoms with Crippen molar-refractivity contribution < 1.29 is 19.4 Å². The van der Waals surface area contributed by atoms with Crippen LogP contribution in [0.1, 0.15) is 15.9 Å². The Morgan fingerprint density at radius 3 is 2.59 bits per heavy atom. The summed E-state index contributed by atoms with van der Waals surface area (Å²) in [6, 6.07) is 13.3. The Bertz CT molecular complexity index is 685. The minimum atomic E-state index is -0.609. The summed E-state index contributed by atoms with van der Waals surface area (Å²) in [7, 11) is 0. The molecule has 114 valence electrons. The minimum absolute atomic E-state index is 0.0717. The van der Waals surface area contributed by atoms with E-state index in [0.717, 1.165) is 5.56 Å². The van der Waals surface area contributed by atoms with Crippen LogP contribution >= 0.6 is 0 Å². The van der Waals surface area contributed by atoms with Crippen LogP contribution < -0.4 is 15.6 Å². The Balaban J connectivity index is 1.81. The molecular formula is C16H16N2O4. The van der Waals surface area contributed by atoms with Crippen molar-refractivity contribution in [2.24, 2.45) is 0 Å². The number of hydrogen-bond acceptors (Lipinski definition) is 4. The number of phenolic OH excluding ortho intramolecular Hbond substituents is 1. The molecule has 0 saturated heterocycles. The Morgan fingerprint density at radius 2 is 1.86 bits per heavy atom. The van der Waals surface area contributed by atoms with Gasteiger partial charge in [-0.15, -0.1) is 0 Å². The first-order valence-corrected chi connectivity index (χ1v) is 6.63. The van der Waals surface area contributed by atoms with Crippen LogP contribution in [0.3, 0.4) is 0 Å². The van der Waals surface area contributed by atoms with E-state index in [9.17, 15) is 14.7 Å². The number of rotatable bonds is 4. The van der Waals surface area contributed by atoms with Crippen LogP contribution in [-0.4, -0.2) is 23.5 Å². The normalized spacial score (nSPS) is 9.86. The van der Waals surface area contributed by atoms with Crippen molar-refractivity contribution in [1.29, 1.82) is 0 Å². The molecule has 0 bridgehead atoms. The van der Waals surface area contributed by atoms with Crippen molar-refractivity contribution in [3.8, 4) is 11.5 Å². The molecule has 0 atom stereocenters. The van der Waals surface area contributed by atoms with Gasteiger partial charge in [0.25, 0.3) is 11.8 Å². The minimum Gasteiger partial charge on any atom is -0.507 e. The van der Waals surface area contributed by atoms with Crippen LogP contribution in [0.2, 0.25) is 0 Å². The van der Waals surface area contributed by atoms with Gasteiger partial charge in [-0.05, 0) is 36.8 Å². The standard InChI is InChI=1S/C16H16N2O4/c1-11-5-4-6-12(9-11)22-10-15(20)17-18-16(21)13-7-2-3-8-14(13)19/h2-9,19H,10H2,1H3,(H,17,20)(H,18,21). The Hall–Kier alpha value is -3.02. The van der Waals surface area contributed by atoms with Crippen molar-refractivity contribution in [1.82, 2.24) is 10.9 Å². The van der Waals surface area contributed by atoms with Gasteiger partial charge >= 0.3 is 0 Å². The van der Waals surface area contributed by atoms with E-state index >= 15 is 0 Å². The van der Waals surface area contributed by atoms with Crippen LogP contribution in [0.4, 0.5) is 0 Å². The molecule has 0 aliphatic carbocycles. The number of hydrogen-bond donors (Lipinski definition) is 3. The second-order valence-corrected chi connectivity index (χ2v) is 4.62. The van der Waals surface area contributed by atoms with Gasteiger partial charge in [-0.2, -0.15) is 0 Å². The Kier molecular flexibility index (Phi) is 4.98. The molecule has 0 radical (unpaired) electrons. The molecule has 2 aromatic carbocycles. The maximum Gasteiger partial charge on any atom is 0.276 e. The third kappa shape index (κ3) is 4.24. The highest BCUT2D eigenvalue weighted by Gasteiger charge is 2.11. The molecule has 2 aromatic rings. The number of para-hydroxylation sites is 1. The summed E-state index contributed by atoms with van der Waals surface area (Å²) < 4.78 is 5.30. The van der Waals surface area contributed by atoms with Crippen molar-refractivity contribution in [3.05, 3.63) is 59.7 Å². The molecule has 0 heterocycles. The van der Waals surface area contributed by atoms with Gasteiger partial charge in [0.05, 0.1) is 5.56 Å². The van der Waals surface area contributed by atoms with E-state index in [0.29, 0.717) is 5.75 Å². The molecule has 0 fully saturated rings. The topological polar surface area (TPSA) is 87.7 Å². The molecule has 2 rings (SSSR count). The third-order valence-corrected chi connectivity index (χ3v) is 2.82. The van der Waals surface area contributed by atoms with E-state index < -0.39 is 11.8 Å². The van der Waals surface area contributed by atoms with Gasteiger partial charge in [-0.25, -0.2) is 0 Å². The van der Waals surface area contributed by atoms with Crippen LogP contribution in [0.15, 0.2) is 48.5 Å². The molecular weight excluding hydrogens is 284 g/mol. The van der Waals surface area contributed by atoms with E-state index in [1.54, 1.807) is 24.3 Å². The smallest absolute Gasteiger partial charge is 0.276 e. The first-order chi connectivity index (χ1) is 10.6. The lowest BCUT2D eigenvalue weighted by Gasteiger charge is -2.09. The zero-order valence-electron chi connectivity index (χ0n) is 12.0. The second kappa shape index (κ2) is 7.12. The lowest BCUT2D eigenvalue weighted by molar-refractivity contribution is -0.123. The highest BCUT2D eigenvalue weighted by atomic mass is 16.5. The van der Waals surface area contributed by atoms with Crippen molar-refractivity contribution in [3.63, 3.8) is 0 Å². The molecule has 0 aliphatic heterocycles. The molecule has 0 aromatic heterocycles. The average molecular weight is 300 g/mol. The lowest BCUT2D eigenvalue weighted by atomic mass is 10.2. The zero-order valence-corrected chi connectivity index (χ0v) is 12.0. The number of aryl methyl sites for hydroxylation is 1. The first kappa shape index (κ1) is 15.4. The number of hydrazine groups is 1. The summed E-state index contributed by atoms with van der Waals surface area (Å²) in [5.74, 6) is -0.709. The highest BCUT2D eigenvalue weighted by Crippen LogP contribution is 2.14. The third-order valence-electron chi connectivity index (χ3n) is 2.82. The lowest BCUT2D eigenvalue weighted by Crippen LogP contribution is -2.43. The van der Waals surface area contributed by atoms with E-state index in [2.05, 4.69) is 10.9 Å². The maximum atomic E-state index is 11.8. The van der Waals surface area contributed by atoms with Crippen LogP contribution in [0.25, 0.3) is 0 Å². The fourth-order valence-corrected chi connectivity index (χ4v) is 1.75. The molecule has 0 saturated carbocycles. The van der Waals surface area contributed by atoms with Crippen LogP contribution in [0, 0.1) is 6.92 Å². The molecule has 3 N–H and O–H groups in total. The second-order valence-electron chi connectivity index (χ2n) is 4.62. The monoisotopic (exact) mass is 300 g/mol. The number of carbonyl (C=O) groups excluding carboxylic acids is 2. The number of carbonyl (C=O) groups is 2. The van der Waals surface area contributed by atoms with Gasteiger partial charge in [0.2, 0.25) is 0 Å². The summed E-state index contributed by atoms with van der Waals surface area (Å²) in [6.45, 7) is 1.68. The number of ether oxygens (including phenoxy) is 1. The Labute approximate surface area is 127 Å². The number of aromatic hydroxyl groups is 1. The van der Waals surface area contributed by atoms with Crippen molar-refractivity contribution >= 4 is 11.8 Å². The maximum absolute atomic E-state index is 11.8. The first-order valence-electron chi connectivity index (χ1n) is 6.63. The van der Waals surface area contributed by atoms with E-state index in [1.165, 1.54) is 12.1 Å². The van der Waals surface area contributed by atoms with E-state index in [-0.39, 0.29) is 17.9 Å². The molecule has 2 amide bonds.